The summed E-state index contributed by atoms with van der Waals surface area (Å²) in [6, 6.07) is 6.23. The van der Waals surface area contributed by atoms with Crippen molar-refractivity contribution in [1.82, 2.24) is 15.5 Å². The number of benzene rings is 1. The minimum Gasteiger partial charge on any atom is -0.491 e. The Morgan fingerprint density at radius 2 is 2.21 bits per heavy atom. The van der Waals surface area contributed by atoms with Crippen LogP contribution in [0, 0.1) is 11.8 Å². The maximum Gasteiger partial charge on any atom is 0.228 e. The Hall–Kier alpha value is -1.66. The van der Waals surface area contributed by atoms with Gasteiger partial charge in [-0.15, -0.1) is 0 Å². The van der Waals surface area contributed by atoms with E-state index >= 15 is 0 Å². The highest BCUT2D eigenvalue weighted by molar-refractivity contribution is 5.82. The molecule has 0 spiro atoms. The lowest BCUT2D eigenvalue weighted by atomic mass is 9.71. The SMILES string of the molecule is CNCc1c(OCCF)cccc1C1(C)CNCC1C(=O)N1CCC(C)CC1C. The molecule has 0 bridgehead atoms. The summed E-state index contributed by atoms with van der Waals surface area (Å²) >= 11 is 0. The molecule has 1 aromatic rings. The van der Waals surface area contributed by atoms with Gasteiger partial charge in [-0.25, -0.2) is 4.39 Å². The Kier molecular flexibility index (Phi) is 7.17. The monoisotopic (exact) mass is 405 g/mol. The molecule has 4 atom stereocenters. The molecule has 0 radical (unpaired) electrons. The number of alkyl halides is 1. The van der Waals surface area contributed by atoms with Gasteiger partial charge < -0.3 is 20.3 Å². The van der Waals surface area contributed by atoms with E-state index in [1.165, 1.54) is 0 Å². The number of hydrogen-bond acceptors (Lipinski definition) is 4. The smallest absolute Gasteiger partial charge is 0.228 e. The average Bonchev–Trinajstić information content (AvgIpc) is 3.09. The van der Waals surface area contributed by atoms with Crippen molar-refractivity contribution in [2.24, 2.45) is 11.8 Å². The third kappa shape index (κ3) is 4.43. The van der Waals surface area contributed by atoms with E-state index in [9.17, 15) is 9.18 Å². The van der Waals surface area contributed by atoms with E-state index in [0.717, 1.165) is 37.1 Å². The van der Waals surface area contributed by atoms with Crippen LogP contribution in [0.4, 0.5) is 4.39 Å². The molecule has 1 aromatic carbocycles. The summed E-state index contributed by atoms with van der Waals surface area (Å²) in [6.07, 6.45) is 2.14. The molecule has 5 nitrogen and oxygen atoms in total. The minimum absolute atomic E-state index is 0.0426. The fourth-order valence-corrected chi connectivity index (χ4v) is 5.15. The standard InChI is InChI=1S/C23H36FN3O2/c1-16-8-10-27(17(2)12-16)22(28)20-14-26-15-23(20,3)19-6-5-7-21(29-11-9-24)18(19)13-25-4/h5-7,16-17,20,25-26H,8-15H2,1-4H3. The quantitative estimate of drug-likeness (QED) is 0.733. The van der Waals surface area contributed by atoms with Crippen LogP contribution >= 0.6 is 0 Å². The number of carbonyl (C=O) groups excluding carboxylic acids is 1. The van der Waals surface area contributed by atoms with Crippen molar-refractivity contribution >= 4 is 5.91 Å². The van der Waals surface area contributed by atoms with Gasteiger partial charge in [-0.05, 0) is 44.4 Å². The molecule has 3 rings (SSSR count). The first kappa shape index (κ1) is 22.0. The molecule has 0 aromatic heterocycles. The van der Waals surface area contributed by atoms with Crippen LogP contribution in [0.3, 0.4) is 0 Å². The first-order valence-corrected chi connectivity index (χ1v) is 10.9. The highest BCUT2D eigenvalue weighted by atomic mass is 19.1. The van der Waals surface area contributed by atoms with E-state index in [0.29, 0.717) is 24.8 Å². The molecule has 6 heteroatoms. The summed E-state index contributed by atoms with van der Waals surface area (Å²) in [5.41, 5.74) is 1.80. The first-order chi connectivity index (χ1) is 13.9. The van der Waals surface area contributed by atoms with Crippen molar-refractivity contribution in [1.29, 1.82) is 0 Å². The van der Waals surface area contributed by atoms with Crippen molar-refractivity contribution in [3.63, 3.8) is 0 Å². The second-order valence-corrected chi connectivity index (χ2v) is 8.96. The number of carbonyl (C=O) groups is 1. The third-order valence-corrected chi connectivity index (χ3v) is 6.77. The Morgan fingerprint density at radius 1 is 1.41 bits per heavy atom. The van der Waals surface area contributed by atoms with Gasteiger partial charge in [-0.2, -0.15) is 0 Å². The highest BCUT2D eigenvalue weighted by Gasteiger charge is 2.48. The Bertz CT molecular complexity index is 713. The van der Waals surface area contributed by atoms with Gasteiger partial charge in [0.1, 0.15) is 19.0 Å². The van der Waals surface area contributed by atoms with E-state index in [-0.39, 0.29) is 29.9 Å². The zero-order valence-electron chi connectivity index (χ0n) is 18.3. The molecule has 1 amide bonds. The van der Waals surface area contributed by atoms with Crippen LogP contribution in [0.2, 0.25) is 0 Å². The molecule has 2 heterocycles. The molecule has 0 saturated carbocycles. The second kappa shape index (κ2) is 9.43. The molecule has 162 valence electrons. The van der Waals surface area contributed by atoms with Crippen LogP contribution in [-0.2, 0) is 16.8 Å². The lowest BCUT2D eigenvalue weighted by Gasteiger charge is -2.41. The van der Waals surface area contributed by atoms with Gasteiger partial charge in [-0.3, -0.25) is 4.79 Å². The molecule has 0 aliphatic carbocycles. The number of amides is 1. The zero-order valence-corrected chi connectivity index (χ0v) is 18.3. The predicted octanol–water partition coefficient (Wildman–Crippen LogP) is 2.88. The van der Waals surface area contributed by atoms with Crippen molar-refractivity contribution in [2.75, 3.05) is 40.0 Å². The highest BCUT2D eigenvalue weighted by Crippen LogP contribution is 2.41. The number of piperidine rings is 1. The molecule has 29 heavy (non-hydrogen) atoms. The second-order valence-electron chi connectivity index (χ2n) is 8.96. The van der Waals surface area contributed by atoms with Gasteiger partial charge in [0.15, 0.2) is 0 Å². The summed E-state index contributed by atoms with van der Waals surface area (Å²) in [5.74, 6) is 1.51. The van der Waals surface area contributed by atoms with Crippen LogP contribution in [-0.4, -0.2) is 56.8 Å². The van der Waals surface area contributed by atoms with E-state index in [1.54, 1.807) is 0 Å². The fourth-order valence-electron chi connectivity index (χ4n) is 5.15. The summed E-state index contributed by atoms with van der Waals surface area (Å²) in [5, 5.41) is 6.68. The topological polar surface area (TPSA) is 53.6 Å². The van der Waals surface area contributed by atoms with Crippen LogP contribution in [0.1, 0.15) is 44.7 Å². The molecule has 4 unspecified atom stereocenters. The maximum atomic E-state index is 13.6. The lowest BCUT2D eigenvalue weighted by molar-refractivity contribution is -0.140. The van der Waals surface area contributed by atoms with E-state index in [4.69, 9.17) is 4.74 Å². The normalized spacial score (nSPS) is 29.8. The van der Waals surface area contributed by atoms with Crippen molar-refractivity contribution in [2.45, 2.75) is 51.6 Å². The number of nitrogens with zero attached hydrogens (tertiary/aromatic N) is 1. The van der Waals surface area contributed by atoms with E-state index < -0.39 is 6.67 Å². The number of hydrogen-bond donors (Lipinski definition) is 2. The van der Waals surface area contributed by atoms with Crippen molar-refractivity contribution < 1.29 is 13.9 Å². The average molecular weight is 406 g/mol. The van der Waals surface area contributed by atoms with Gasteiger partial charge in [0.05, 0.1) is 5.92 Å². The number of rotatable bonds is 7. The van der Waals surface area contributed by atoms with Gasteiger partial charge in [0.25, 0.3) is 0 Å². The van der Waals surface area contributed by atoms with Crippen LogP contribution in [0.15, 0.2) is 18.2 Å². The molecule has 2 fully saturated rings. The summed E-state index contributed by atoms with van der Waals surface area (Å²) in [6.45, 7) is 9.03. The third-order valence-electron chi connectivity index (χ3n) is 6.77. The van der Waals surface area contributed by atoms with Crippen LogP contribution in [0.5, 0.6) is 5.75 Å². The number of halogens is 1. The van der Waals surface area contributed by atoms with Crippen LogP contribution in [0.25, 0.3) is 0 Å². The first-order valence-electron chi connectivity index (χ1n) is 10.9. The van der Waals surface area contributed by atoms with Crippen LogP contribution < -0.4 is 15.4 Å². The predicted molar refractivity (Wildman–Crippen MR) is 114 cm³/mol. The van der Waals surface area contributed by atoms with Crippen molar-refractivity contribution in [3.05, 3.63) is 29.3 Å². The van der Waals surface area contributed by atoms with Gasteiger partial charge in [0, 0.05) is 43.2 Å². The number of likely N-dealkylation sites (tertiary alicyclic amines) is 1. The van der Waals surface area contributed by atoms with Gasteiger partial charge in [0.2, 0.25) is 5.91 Å². The zero-order chi connectivity index (χ0) is 21.0. The largest absolute Gasteiger partial charge is 0.491 e. The van der Waals surface area contributed by atoms with Gasteiger partial charge in [-0.1, -0.05) is 26.0 Å². The number of ether oxygens (including phenoxy) is 1. The number of nitrogens with one attached hydrogen (secondary N) is 2. The molecule has 2 N–H and O–H groups in total. The van der Waals surface area contributed by atoms with Crippen molar-refractivity contribution in [3.8, 4) is 5.75 Å². The molecule has 2 aliphatic heterocycles. The Morgan fingerprint density at radius 3 is 2.90 bits per heavy atom. The summed E-state index contributed by atoms with van der Waals surface area (Å²) in [4.78, 5) is 15.7. The minimum atomic E-state index is -0.519. The molecule has 2 aliphatic rings. The maximum absolute atomic E-state index is 13.6. The Balaban J connectivity index is 1.93. The Labute approximate surface area is 174 Å². The lowest BCUT2D eigenvalue weighted by Crippen LogP contribution is -2.51. The molecular weight excluding hydrogens is 369 g/mol. The van der Waals surface area contributed by atoms with Gasteiger partial charge >= 0.3 is 0 Å². The fraction of sp³-hybridized carbons (Fsp3) is 0.696. The summed E-state index contributed by atoms with van der Waals surface area (Å²) in [7, 11) is 1.89. The molecular formula is C23H36FN3O2. The summed E-state index contributed by atoms with van der Waals surface area (Å²) < 4.78 is 18.4. The molecule has 2 saturated heterocycles. The van der Waals surface area contributed by atoms with E-state index in [2.05, 4.69) is 42.4 Å². The van der Waals surface area contributed by atoms with E-state index in [1.807, 2.05) is 19.2 Å².